The van der Waals surface area contributed by atoms with Crippen LogP contribution in [0.5, 0.6) is 0 Å². The van der Waals surface area contributed by atoms with Crippen LogP contribution in [0.25, 0.3) is 26.5 Å². The van der Waals surface area contributed by atoms with E-state index in [-0.39, 0.29) is 11.0 Å². The van der Waals surface area contributed by atoms with Crippen molar-refractivity contribution in [3.8, 4) is 0 Å². The molecule has 3 aromatic heterocycles. The highest BCUT2D eigenvalue weighted by molar-refractivity contribution is 7.19. The molecule has 0 amide bonds. The topological polar surface area (TPSA) is 8.29 Å². The fraction of sp³-hybridized carbons (Fsp3) is 0.500. The number of nitrogens with zero attached hydrogens (tertiary/aromatic N) is 2. The van der Waals surface area contributed by atoms with Crippen LogP contribution in [0.15, 0.2) is 36.8 Å². The van der Waals surface area contributed by atoms with Crippen molar-refractivity contribution in [2.24, 2.45) is 0 Å². The Kier molecular flexibility index (Phi) is 4.33. The third-order valence-electron chi connectivity index (χ3n) is 8.14. The zero-order valence-corrected chi connectivity index (χ0v) is 19.3. The molecule has 0 bridgehead atoms. The Balaban J connectivity index is 1.96. The number of pyridine rings is 1. The number of aryl methyl sites for hydroxylation is 1. The molecule has 1 atom stereocenters. The summed E-state index contributed by atoms with van der Waals surface area (Å²) < 4.78 is 6.42. The van der Waals surface area contributed by atoms with Gasteiger partial charge in [0, 0.05) is 25.8 Å². The minimum absolute atomic E-state index is 0.0858. The van der Waals surface area contributed by atoms with Crippen LogP contribution in [0, 0.1) is 0 Å². The second-order valence-corrected chi connectivity index (χ2v) is 10.2. The van der Waals surface area contributed by atoms with Crippen LogP contribution in [0.3, 0.4) is 0 Å². The maximum absolute atomic E-state index is 2.60. The van der Waals surface area contributed by atoms with Crippen molar-refractivity contribution in [3.63, 3.8) is 0 Å². The highest BCUT2D eigenvalue weighted by Crippen LogP contribution is 2.52. The van der Waals surface area contributed by atoms with Gasteiger partial charge in [0.15, 0.2) is 0 Å². The SMILES string of the molecule is CCCCc1cc2c(cc3c4c2ccn2cc[n+](c42)C(C)(CC)C3(CC)CC)s1. The fourth-order valence-electron chi connectivity index (χ4n) is 6.27. The van der Waals surface area contributed by atoms with Gasteiger partial charge in [-0.3, -0.25) is 0 Å². The van der Waals surface area contributed by atoms with Gasteiger partial charge in [-0.2, -0.15) is 0 Å². The molecule has 1 aliphatic heterocycles. The second kappa shape index (κ2) is 6.57. The zero-order chi connectivity index (χ0) is 20.4. The number of hydrogen-bond acceptors (Lipinski definition) is 1. The molecule has 0 saturated heterocycles. The quantitative estimate of drug-likeness (QED) is 0.301. The first-order valence-corrected chi connectivity index (χ1v) is 12.3. The maximum atomic E-state index is 2.60. The summed E-state index contributed by atoms with van der Waals surface area (Å²) in [6.45, 7) is 11.9. The van der Waals surface area contributed by atoms with E-state index in [1.165, 1.54) is 58.6 Å². The predicted molar refractivity (Wildman–Crippen MR) is 125 cm³/mol. The Labute approximate surface area is 178 Å². The summed E-state index contributed by atoms with van der Waals surface area (Å²) >= 11 is 2.03. The average molecular weight is 406 g/mol. The van der Waals surface area contributed by atoms with Gasteiger partial charge in [0.2, 0.25) is 0 Å². The number of hydrogen-bond donors (Lipinski definition) is 0. The molecule has 4 heterocycles. The molecule has 3 heteroatoms. The number of rotatable bonds is 6. The monoisotopic (exact) mass is 405 g/mol. The van der Waals surface area contributed by atoms with Gasteiger partial charge < -0.3 is 0 Å². The van der Waals surface area contributed by atoms with E-state index in [9.17, 15) is 0 Å². The van der Waals surface area contributed by atoms with E-state index in [0.717, 1.165) is 6.42 Å². The average Bonchev–Trinajstić information content (AvgIpc) is 3.36. The molecule has 1 aromatic carbocycles. The Bertz CT molecular complexity index is 1220. The lowest BCUT2D eigenvalue weighted by Crippen LogP contribution is -2.66. The van der Waals surface area contributed by atoms with Crippen LogP contribution in [0.1, 0.15) is 77.2 Å². The molecule has 0 spiro atoms. The number of thiophene rings is 1. The van der Waals surface area contributed by atoms with E-state index < -0.39 is 0 Å². The van der Waals surface area contributed by atoms with Crippen molar-refractivity contribution >= 4 is 37.8 Å². The highest BCUT2D eigenvalue weighted by Gasteiger charge is 2.55. The van der Waals surface area contributed by atoms with Crippen molar-refractivity contribution in [1.82, 2.24) is 4.40 Å². The largest absolute Gasteiger partial charge is 0.294 e. The first kappa shape index (κ1) is 19.1. The maximum Gasteiger partial charge on any atom is 0.294 e. The van der Waals surface area contributed by atoms with Crippen molar-refractivity contribution in [3.05, 3.63) is 47.2 Å². The third-order valence-corrected chi connectivity index (χ3v) is 9.28. The molecular formula is C26H33N2S+. The summed E-state index contributed by atoms with van der Waals surface area (Å²) in [6, 6.07) is 7.42. The molecule has 0 saturated carbocycles. The minimum Gasteiger partial charge on any atom is -0.224 e. The molecule has 152 valence electrons. The predicted octanol–water partition coefficient (Wildman–Crippen LogP) is 7.13. The van der Waals surface area contributed by atoms with Gasteiger partial charge in [-0.25, -0.2) is 8.97 Å². The first-order valence-electron chi connectivity index (χ1n) is 11.5. The molecule has 5 rings (SSSR count). The molecule has 1 aliphatic rings. The fourth-order valence-corrected chi connectivity index (χ4v) is 7.43. The van der Waals surface area contributed by atoms with Crippen LogP contribution < -0.4 is 4.57 Å². The second-order valence-electron chi connectivity index (χ2n) is 9.07. The molecule has 2 nitrogen and oxygen atoms in total. The number of fused-ring (bicyclic) bond motifs is 2. The van der Waals surface area contributed by atoms with Crippen LogP contribution in [-0.4, -0.2) is 4.40 Å². The normalized spacial score (nSPS) is 20.4. The summed E-state index contributed by atoms with van der Waals surface area (Å²) in [4.78, 5) is 1.54. The molecule has 0 fully saturated rings. The Morgan fingerprint density at radius 2 is 1.79 bits per heavy atom. The molecule has 0 N–H and O–H groups in total. The van der Waals surface area contributed by atoms with Crippen LogP contribution in [-0.2, 0) is 17.4 Å². The summed E-state index contributed by atoms with van der Waals surface area (Å²) in [5.41, 5.74) is 3.20. The van der Waals surface area contributed by atoms with E-state index in [1.807, 2.05) is 11.3 Å². The zero-order valence-electron chi connectivity index (χ0n) is 18.5. The van der Waals surface area contributed by atoms with Crippen molar-refractivity contribution in [2.75, 3.05) is 0 Å². The Hall–Kier alpha value is -1.87. The van der Waals surface area contributed by atoms with Gasteiger partial charge in [-0.05, 0) is 62.8 Å². The van der Waals surface area contributed by atoms with E-state index in [2.05, 4.69) is 80.4 Å². The summed E-state index contributed by atoms with van der Waals surface area (Å²) in [6.07, 6.45) is 14.1. The molecule has 1 unspecified atom stereocenters. The number of imidazole rings is 1. The van der Waals surface area contributed by atoms with Gasteiger partial charge >= 0.3 is 0 Å². The van der Waals surface area contributed by atoms with Crippen molar-refractivity contribution < 1.29 is 4.57 Å². The lowest BCUT2D eigenvalue weighted by molar-refractivity contribution is -0.751. The Morgan fingerprint density at radius 3 is 2.48 bits per heavy atom. The van der Waals surface area contributed by atoms with E-state index in [4.69, 9.17) is 0 Å². The molecule has 0 radical (unpaired) electrons. The highest BCUT2D eigenvalue weighted by atomic mass is 32.1. The third kappa shape index (κ3) is 2.26. The van der Waals surface area contributed by atoms with Gasteiger partial charge in [-0.1, -0.05) is 34.1 Å². The molecule has 0 aliphatic carbocycles. The smallest absolute Gasteiger partial charge is 0.224 e. The lowest BCUT2D eigenvalue weighted by atomic mass is 9.59. The van der Waals surface area contributed by atoms with Gasteiger partial charge in [0.05, 0.1) is 11.6 Å². The summed E-state index contributed by atoms with van der Waals surface area (Å²) in [7, 11) is 0. The lowest BCUT2D eigenvalue weighted by Gasteiger charge is -2.48. The standard InChI is InChI=1S/C26H33N2S/c1-6-10-11-18-16-20-19-12-13-27-14-15-28-24(27)23(19)21(17-22(20)29-18)26(8-3,9-4)25(28,5)7-2/h12-17H,6-11H2,1-5H3/q+1. The molecule has 4 aromatic rings. The number of unbranched alkanes of at least 4 members (excludes halogenated alkanes) is 1. The van der Waals surface area contributed by atoms with Crippen molar-refractivity contribution in [1.29, 1.82) is 0 Å². The van der Waals surface area contributed by atoms with Crippen LogP contribution in [0.2, 0.25) is 0 Å². The number of benzene rings is 1. The van der Waals surface area contributed by atoms with Crippen LogP contribution >= 0.6 is 11.3 Å². The summed E-state index contributed by atoms with van der Waals surface area (Å²) in [5.74, 6) is 0. The number of aromatic nitrogens is 2. The van der Waals surface area contributed by atoms with Crippen LogP contribution in [0.4, 0.5) is 0 Å². The molecule has 29 heavy (non-hydrogen) atoms. The van der Waals surface area contributed by atoms with Gasteiger partial charge in [0.1, 0.15) is 17.9 Å². The summed E-state index contributed by atoms with van der Waals surface area (Å²) in [5, 5.41) is 4.39. The van der Waals surface area contributed by atoms with E-state index in [1.54, 1.807) is 10.4 Å². The van der Waals surface area contributed by atoms with Gasteiger partial charge in [0.25, 0.3) is 5.65 Å². The van der Waals surface area contributed by atoms with E-state index >= 15 is 0 Å². The Morgan fingerprint density at radius 1 is 1.00 bits per heavy atom. The van der Waals surface area contributed by atoms with Gasteiger partial charge in [-0.15, -0.1) is 11.3 Å². The molecular weight excluding hydrogens is 372 g/mol. The minimum atomic E-state index is 0.0858. The van der Waals surface area contributed by atoms with E-state index in [0.29, 0.717) is 0 Å². The van der Waals surface area contributed by atoms with Crippen molar-refractivity contribution in [2.45, 2.75) is 84.1 Å². The first-order chi connectivity index (χ1) is 14.0.